The van der Waals surface area contributed by atoms with Gasteiger partial charge in [-0.15, -0.1) is 22.9 Å². The van der Waals surface area contributed by atoms with E-state index in [9.17, 15) is 0 Å². The average molecular weight is 285 g/mol. The van der Waals surface area contributed by atoms with Gasteiger partial charge in [0.25, 0.3) is 0 Å². The van der Waals surface area contributed by atoms with Gasteiger partial charge in [-0.2, -0.15) is 0 Å². The Labute approximate surface area is 118 Å². The van der Waals surface area contributed by atoms with Crippen LogP contribution in [-0.4, -0.2) is 34.9 Å². The second-order valence-electron chi connectivity index (χ2n) is 5.69. The van der Waals surface area contributed by atoms with E-state index in [-0.39, 0.29) is 0 Å². The first kappa shape index (κ1) is 12.9. The van der Waals surface area contributed by atoms with Crippen LogP contribution in [0.2, 0.25) is 0 Å². The van der Waals surface area contributed by atoms with Crippen LogP contribution in [0.1, 0.15) is 48.7 Å². The van der Waals surface area contributed by atoms with E-state index < -0.39 is 0 Å². The highest BCUT2D eigenvalue weighted by atomic mass is 35.5. The Hall–Kier alpha value is -0.120. The summed E-state index contributed by atoms with van der Waals surface area (Å²) in [6.45, 7) is 0. The molecule has 0 radical (unpaired) electrons. The van der Waals surface area contributed by atoms with E-state index in [4.69, 9.17) is 16.6 Å². The molecule has 0 saturated carbocycles. The summed E-state index contributed by atoms with van der Waals surface area (Å²) >= 11 is 7.61. The molecule has 2 fully saturated rings. The second kappa shape index (κ2) is 5.48. The van der Waals surface area contributed by atoms with Crippen LogP contribution in [-0.2, 0) is 6.42 Å². The van der Waals surface area contributed by atoms with Gasteiger partial charge in [0.15, 0.2) is 0 Å². The molecule has 1 aromatic heterocycles. The summed E-state index contributed by atoms with van der Waals surface area (Å²) in [6.07, 6.45) is 7.50. The highest BCUT2D eigenvalue weighted by Crippen LogP contribution is 2.42. The minimum atomic E-state index is 0.716. The van der Waals surface area contributed by atoms with Gasteiger partial charge in [0.2, 0.25) is 0 Å². The molecule has 2 unspecified atom stereocenters. The molecule has 0 aromatic carbocycles. The highest BCUT2D eigenvalue weighted by Gasteiger charge is 2.39. The van der Waals surface area contributed by atoms with Crippen molar-refractivity contribution in [3.63, 3.8) is 0 Å². The fourth-order valence-corrected chi connectivity index (χ4v) is 4.60. The summed E-state index contributed by atoms with van der Waals surface area (Å²) in [5.74, 6) is 1.46. The number of piperidine rings is 1. The molecule has 0 N–H and O–H groups in total. The van der Waals surface area contributed by atoms with Gasteiger partial charge in [0.05, 0.1) is 10.7 Å². The summed E-state index contributed by atoms with van der Waals surface area (Å²) in [5, 5.41) is 3.62. The third-order valence-corrected chi connectivity index (χ3v) is 5.91. The molecule has 4 heteroatoms. The molecule has 0 spiro atoms. The summed E-state index contributed by atoms with van der Waals surface area (Å²) in [6, 6.07) is 1.62. The molecule has 0 amide bonds. The van der Waals surface area contributed by atoms with Crippen LogP contribution >= 0.6 is 22.9 Å². The van der Waals surface area contributed by atoms with Crippen molar-refractivity contribution in [3.8, 4) is 0 Å². The number of nitrogens with zero attached hydrogens (tertiary/aromatic N) is 2. The maximum Gasteiger partial charge on any atom is 0.0960 e. The van der Waals surface area contributed by atoms with Gasteiger partial charge in [-0.1, -0.05) is 0 Å². The van der Waals surface area contributed by atoms with Crippen molar-refractivity contribution >= 4 is 22.9 Å². The van der Waals surface area contributed by atoms with Crippen molar-refractivity contribution in [1.82, 2.24) is 9.88 Å². The standard InChI is InChI=1S/C14H21ClN2S/c1-17-12-4-5-13(17)8-10(7-12)14-16-11(9-18-14)3-2-6-15/h9-10,12-13H,2-8H2,1H3. The lowest BCUT2D eigenvalue weighted by Crippen LogP contribution is -2.39. The number of hydrogen-bond donors (Lipinski definition) is 0. The Kier molecular flexibility index (Phi) is 3.92. The lowest BCUT2D eigenvalue weighted by atomic mass is 9.92. The molecular formula is C14H21ClN2S. The molecule has 18 heavy (non-hydrogen) atoms. The van der Waals surface area contributed by atoms with Crippen molar-refractivity contribution in [2.45, 2.75) is 56.5 Å². The molecule has 2 atom stereocenters. The largest absolute Gasteiger partial charge is 0.300 e. The third kappa shape index (κ3) is 2.45. The van der Waals surface area contributed by atoms with Crippen molar-refractivity contribution in [3.05, 3.63) is 16.1 Å². The van der Waals surface area contributed by atoms with E-state index in [1.54, 1.807) is 0 Å². The van der Waals surface area contributed by atoms with Crippen molar-refractivity contribution in [1.29, 1.82) is 0 Å². The maximum atomic E-state index is 5.74. The number of aromatic nitrogens is 1. The molecule has 0 aliphatic carbocycles. The minimum absolute atomic E-state index is 0.716. The molecule has 2 bridgehead atoms. The number of aryl methyl sites for hydroxylation is 1. The summed E-state index contributed by atoms with van der Waals surface area (Å²) < 4.78 is 0. The van der Waals surface area contributed by atoms with E-state index in [0.717, 1.165) is 30.8 Å². The number of fused-ring (bicyclic) bond motifs is 2. The average Bonchev–Trinajstić information content (AvgIpc) is 2.90. The van der Waals surface area contributed by atoms with Gasteiger partial charge in [0.1, 0.15) is 0 Å². The van der Waals surface area contributed by atoms with Crippen LogP contribution in [0.5, 0.6) is 0 Å². The first-order valence-electron chi connectivity index (χ1n) is 7.00. The molecule has 3 rings (SSSR count). The predicted molar refractivity (Wildman–Crippen MR) is 77.7 cm³/mol. The summed E-state index contributed by atoms with van der Waals surface area (Å²) in [5.41, 5.74) is 1.25. The number of halogens is 1. The quantitative estimate of drug-likeness (QED) is 0.785. The fourth-order valence-electron chi connectivity index (χ4n) is 3.49. The van der Waals surface area contributed by atoms with Crippen molar-refractivity contribution in [2.75, 3.05) is 12.9 Å². The fraction of sp³-hybridized carbons (Fsp3) is 0.786. The number of hydrogen-bond acceptors (Lipinski definition) is 3. The van der Waals surface area contributed by atoms with E-state index in [2.05, 4.69) is 17.3 Å². The lowest BCUT2D eigenvalue weighted by molar-refractivity contribution is 0.161. The maximum absolute atomic E-state index is 5.74. The van der Waals surface area contributed by atoms with Gasteiger partial charge in [0, 0.05) is 29.3 Å². The number of thiazole rings is 1. The van der Waals surface area contributed by atoms with Gasteiger partial charge in [-0.3, -0.25) is 0 Å². The number of rotatable bonds is 4. The van der Waals surface area contributed by atoms with E-state index >= 15 is 0 Å². The third-order valence-electron chi connectivity index (χ3n) is 4.58. The zero-order valence-electron chi connectivity index (χ0n) is 10.9. The molecule has 2 aliphatic rings. The molecular weight excluding hydrogens is 264 g/mol. The minimum Gasteiger partial charge on any atom is -0.300 e. The lowest BCUT2D eigenvalue weighted by Gasteiger charge is -2.35. The van der Waals surface area contributed by atoms with Gasteiger partial charge >= 0.3 is 0 Å². The van der Waals surface area contributed by atoms with E-state index in [1.165, 1.54) is 36.4 Å². The molecule has 1 aromatic rings. The Morgan fingerprint density at radius 2 is 2.11 bits per heavy atom. The Morgan fingerprint density at radius 3 is 2.78 bits per heavy atom. The monoisotopic (exact) mass is 284 g/mol. The molecule has 3 heterocycles. The SMILES string of the molecule is CN1C2CCC1CC(c1nc(CCCCl)cs1)C2. The van der Waals surface area contributed by atoms with Gasteiger partial charge in [-0.05, 0) is 45.6 Å². The van der Waals surface area contributed by atoms with E-state index in [0.29, 0.717) is 5.92 Å². The van der Waals surface area contributed by atoms with Gasteiger partial charge in [-0.25, -0.2) is 4.98 Å². The molecule has 100 valence electrons. The highest BCUT2D eigenvalue weighted by molar-refractivity contribution is 7.09. The topological polar surface area (TPSA) is 16.1 Å². The summed E-state index contributed by atoms with van der Waals surface area (Å²) in [7, 11) is 2.30. The number of alkyl halides is 1. The van der Waals surface area contributed by atoms with Crippen LogP contribution in [0.3, 0.4) is 0 Å². The summed E-state index contributed by atoms with van der Waals surface area (Å²) in [4.78, 5) is 7.43. The van der Waals surface area contributed by atoms with Gasteiger partial charge < -0.3 is 4.90 Å². The molecule has 2 nitrogen and oxygen atoms in total. The molecule has 2 aliphatic heterocycles. The van der Waals surface area contributed by atoms with Crippen LogP contribution < -0.4 is 0 Å². The Morgan fingerprint density at radius 1 is 1.39 bits per heavy atom. The zero-order valence-corrected chi connectivity index (χ0v) is 12.5. The molecule has 2 saturated heterocycles. The van der Waals surface area contributed by atoms with Crippen LogP contribution in [0.4, 0.5) is 0 Å². The normalized spacial score (nSPS) is 32.0. The van der Waals surface area contributed by atoms with Crippen molar-refractivity contribution < 1.29 is 0 Å². The Bertz CT molecular complexity index is 392. The van der Waals surface area contributed by atoms with Crippen LogP contribution in [0, 0.1) is 0 Å². The van der Waals surface area contributed by atoms with Crippen molar-refractivity contribution in [2.24, 2.45) is 0 Å². The Balaban J connectivity index is 1.66. The first-order chi connectivity index (χ1) is 8.78. The second-order valence-corrected chi connectivity index (χ2v) is 6.96. The van der Waals surface area contributed by atoms with E-state index in [1.807, 2.05) is 11.3 Å². The van der Waals surface area contributed by atoms with Crippen LogP contribution in [0.25, 0.3) is 0 Å². The zero-order chi connectivity index (χ0) is 12.5. The smallest absolute Gasteiger partial charge is 0.0960 e. The first-order valence-corrected chi connectivity index (χ1v) is 8.41. The predicted octanol–water partition coefficient (Wildman–Crippen LogP) is 3.65. The van der Waals surface area contributed by atoms with Crippen LogP contribution in [0.15, 0.2) is 5.38 Å².